The third-order valence-corrected chi connectivity index (χ3v) is 1.75. The van der Waals surface area contributed by atoms with Crippen molar-refractivity contribution in [1.82, 2.24) is 4.98 Å². The van der Waals surface area contributed by atoms with Gasteiger partial charge in [-0.1, -0.05) is 0 Å². The van der Waals surface area contributed by atoms with E-state index in [9.17, 15) is 4.39 Å². The van der Waals surface area contributed by atoms with Gasteiger partial charge in [0.05, 0.1) is 6.04 Å². The van der Waals surface area contributed by atoms with Crippen LogP contribution < -0.4 is 5.73 Å². The lowest BCUT2D eigenvalue weighted by Gasteiger charge is -2.05. The molecule has 0 spiro atoms. The van der Waals surface area contributed by atoms with Crippen molar-refractivity contribution in [3.8, 4) is 0 Å². The second-order valence-corrected chi connectivity index (χ2v) is 3.11. The zero-order valence-electron chi connectivity index (χ0n) is 5.80. The van der Waals surface area contributed by atoms with Crippen LogP contribution in [0.3, 0.4) is 0 Å². The molecule has 1 aromatic heterocycles. The predicted octanol–water partition coefficient (Wildman–Crippen LogP) is 1.81. The van der Waals surface area contributed by atoms with Crippen LogP contribution in [0.15, 0.2) is 22.9 Å². The Bertz CT molecular complexity index is 242. The van der Waals surface area contributed by atoms with Crippen LogP contribution in [0.2, 0.25) is 0 Å². The highest BCUT2D eigenvalue weighted by atomic mass is 79.9. The Balaban J connectivity index is 2.86. The highest BCUT2D eigenvalue weighted by Crippen LogP contribution is 2.14. The summed E-state index contributed by atoms with van der Waals surface area (Å²) in [4.78, 5) is 3.86. The van der Waals surface area contributed by atoms with Crippen molar-refractivity contribution < 1.29 is 4.39 Å². The summed E-state index contributed by atoms with van der Waals surface area (Å²) in [6.07, 6.45) is 3.20. The van der Waals surface area contributed by atoms with E-state index in [4.69, 9.17) is 5.73 Å². The first-order valence-electron chi connectivity index (χ1n) is 3.16. The molecule has 1 rings (SSSR count). The molecule has 1 atom stereocenters. The van der Waals surface area contributed by atoms with Gasteiger partial charge in [0.15, 0.2) is 0 Å². The number of nitrogens with zero attached hydrogens (tertiary/aromatic N) is 1. The summed E-state index contributed by atoms with van der Waals surface area (Å²) >= 11 is 3.22. The lowest BCUT2D eigenvalue weighted by Crippen LogP contribution is -2.12. The third kappa shape index (κ3) is 2.24. The molecule has 60 valence electrons. The van der Waals surface area contributed by atoms with Crippen LogP contribution in [-0.4, -0.2) is 11.7 Å². The molecule has 0 unspecified atom stereocenters. The standard InChI is InChI=1S/C7H8BrFN2/c8-6-1-5(3-11-4-6)7(10)2-9/h1,3-4,7H,2,10H2/t7-/m0/s1. The molecule has 0 saturated heterocycles. The molecule has 2 nitrogen and oxygen atoms in total. The summed E-state index contributed by atoms with van der Waals surface area (Å²) in [6.45, 7) is -0.557. The molecule has 1 aromatic rings. The smallest absolute Gasteiger partial charge is 0.109 e. The Morgan fingerprint density at radius 1 is 1.64 bits per heavy atom. The van der Waals surface area contributed by atoms with Gasteiger partial charge in [-0.3, -0.25) is 4.98 Å². The van der Waals surface area contributed by atoms with Crippen LogP contribution in [0.1, 0.15) is 11.6 Å². The fourth-order valence-corrected chi connectivity index (χ4v) is 1.10. The minimum Gasteiger partial charge on any atom is -0.322 e. The number of pyridine rings is 1. The van der Waals surface area contributed by atoms with Crippen LogP contribution in [0.5, 0.6) is 0 Å². The van der Waals surface area contributed by atoms with Crippen LogP contribution in [-0.2, 0) is 0 Å². The summed E-state index contributed by atoms with van der Waals surface area (Å²) in [5.74, 6) is 0. The van der Waals surface area contributed by atoms with Crippen LogP contribution >= 0.6 is 15.9 Å². The molecule has 0 amide bonds. The summed E-state index contributed by atoms with van der Waals surface area (Å²) in [5.41, 5.74) is 6.14. The average molecular weight is 219 g/mol. The molecule has 0 aliphatic heterocycles. The summed E-state index contributed by atoms with van der Waals surface area (Å²) in [7, 11) is 0. The van der Waals surface area contributed by atoms with E-state index in [1.165, 1.54) is 0 Å². The summed E-state index contributed by atoms with van der Waals surface area (Å²) < 4.78 is 12.9. The van der Waals surface area contributed by atoms with Crippen molar-refractivity contribution in [2.45, 2.75) is 6.04 Å². The van der Waals surface area contributed by atoms with Crippen LogP contribution in [0.4, 0.5) is 4.39 Å². The van der Waals surface area contributed by atoms with Crippen LogP contribution in [0, 0.1) is 0 Å². The minimum atomic E-state index is -0.557. The van der Waals surface area contributed by atoms with Crippen molar-refractivity contribution in [3.63, 3.8) is 0 Å². The molecule has 0 fully saturated rings. The van der Waals surface area contributed by atoms with Gasteiger partial charge in [-0.25, -0.2) is 4.39 Å². The van der Waals surface area contributed by atoms with Crippen molar-refractivity contribution in [3.05, 3.63) is 28.5 Å². The van der Waals surface area contributed by atoms with E-state index in [2.05, 4.69) is 20.9 Å². The van der Waals surface area contributed by atoms with Crippen molar-refractivity contribution in [2.24, 2.45) is 5.73 Å². The first-order chi connectivity index (χ1) is 5.24. The maximum absolute atomic E-state index is 12.0. The molecular formula is C7H8BrFN2. The molecule has 2 N–H and O–H groups in total. The molecule has 0 aromatic carbocycles. The van der Waals surface area contributed by atoms with E-state index in [-0.39, 0.29) is 0 Å². The van der Waals surface area contributed by atoms with E-state index < -0.39 is 12.7 Å². The lowest BCUT2D eigenvalue weighted by molar-refractivity contribution is 0.436. The molecule has 1 heterocycles. The Labute approximate surface area is 72.8 Å². The van der Waals surface area contributed by atoms with Gasteiger partial charge in [0.1, 0.15) is 6.67 Å². The third-order valence-electron chi connectivity index (χ3n) is 1.32. The van der Waals surface area contributed by atoms with Crippen molar-refractivity contribution >= 4 is 15.9 Å². The first kappa shape index (κ1) is 8.62. The average Bonchev–Trinajstić information content (AvgIpc) is 2.03. The number of rotatable bonds is 2. The number of hydrogen-bond donors (Lipinski definition) is 1. The van der Waals surface area contributed by atoms with E-state index in [0.717, 1.165) is 4.47 Å². The second-order valence-electron chi connectivity index (χ2n) is 2.20. The zero-order valence-corrected chi connectivity index (χ0v) is 7.38. The van der Waals surface area contributed by atoms with E-state index >= 15 is 0 Å². The molecule has 0 aliphatic rings. The first-order valence-corrected chi connectivity index (χ1v) is 3.95. The van der Waals surface area contributed by atoms with E-state index in [1.54, 1.807) is 18.5 Å². The van der Waals surface area contributed by atoms with Crippen LogP contribution in [0.25, 0.3) is 0 Å². The Morgan fingerprint density at radius 2 is 2.36 bits per heavy atom. The van der Waals surface area contributed by atoms with E-state index in [0.29, 0.717) is 5.56 Å². The van der Waals surface area contributed by atoms with Gasteiger partial charge in [0, 0.05) is 16.9 Å². The molecule has 0 bridgehead atoms. The summed E-state index contributed by atoms with van der Waals surface area (Å²) in [6, 6.07) is 1.21. The fraction of sp³-hybridized carbons (Fsp3) is 0.286. The largest absolute Gasteiger partial charge is 0.322 e. The number of halogens is 2. The van der Waals surface area contributed by atoms with Gasteiger partial charge in [-0.05, 0) is 27.6 Å². The molecular weight excluding hydrogens is 211 g/mol. The van der Waals surface area contributed by atoms with Crippen molar-refractivity contribution in [1.29, 1.82) is 0 Å². The number of hydrogen-bond acceptors (Lipinski definition) is 2. The number of alkyl halides is 1. The van der Waals surface area contributed by atoms with Crippen molar-refractivity contribution in [2.75, 3.05) is 6.67 Å². The van der Waals surface area contributed by atoms with Gasteiger partial charge in [-0.15, -0.1) is 0 Å². The normalized spacial score (nSPS) is 13.0. The topological polar surface area (TPSA) is 38.9 Å². The molecule has 11 heavy (non-hydrogen) atoms. The molecule has 4 heteroatoms. The highest BCUT2D eigenvalue weighted by Gasteiger charge is 2.04. The molecule has 0 aliphatic carbocycles. The van der Waals surface area contributed by atoms with Gasteiger partial charge < -0.3 is 5.73 Å². The maximum atomic E-state index is 12.0. The maximum Gasteiger partial charge on any atom is 0.109 e. The van der Waals surface area contributed by atoms with Gasteiger partial charge >= 0.3 is 0 Å². The van der Waals surface area contributed by atoms with Gasteiger partial charge in [0.2, 0.25) is 0 Å². The lowest BCUT2D eigenvalue weighted by atomic mass is 10.1. The molecule has 0 saturated carbocycles. The SMILES string of the molecule is N[C@@H](CF)c1cncc(Br)c1. The Morgan fingerprint density at radius 3 is 2.91 bits per heavy atom. The van der Waals surface area contributed by atoms with E-state index in [1.807, 2.05) is 0 Å². The summed E-state index contributed by atoms with van der Waals surface area (Å²) in [5, 5.41) is 0. The minimum absolute atomic E-state index is 0.556. The molecule has 0 radical (unpaired) electrons. The number of nitrogens with two attached hydrogens (primary N) is 1. The zero-order chi connectivity index (χ0) is 8.27. The number of aromatic nitrogens is 1. The van der Waals surface area contributed by atoms with Gasteiger partial charge in [-0.2, -0.15) is 0 Å². The highest BCUT2D eigenvalue weighted by molar-refractivity contribution is 9.10. The Hall–Kier alpha value is -0.480. The monoisotopic (exact) mass is 218 g/mol. The second kappa shape index (κ2) is 3.78. The predicted molar refractivity (Wildman–Crippen MR) is 44.8 cm³/mol. The van der Waals surface area contributed by atoms with Gasteiger partial charge in [0.25, 0.3) is 0 Å². The fourth-order valence-electron chi connectivity index (χ4n) is 0.720. The Kier molecular flexibility index (Phi) is 2.96. The quantitative estimate of drug-likeness (QED) is 0.823.